The van der Waals surface area contributed by atoms with Crippen molar-refractivity contribution in [1.82, 2.24) is 9.21 Å². The number of carbonyl (C=O) groups is 2. The lowest BCUT2D eigenvalue weighted by atomic mass is 9.38. The van der Waals surface area contributed by atoms with Crippen LogP contribution in [0, 0.1) is 5.41 Å². The Morgan fingerprint density at radius 1 is 1.05 bits per heavy atom. The smallest absolute Gasteiger partial charge is 0.416 e. The number of halogens is 1. The molecule has 0 N–H and O–H groups in total. The maximum absolute atomic E-state index is 14.0. The fraction of sp³-hybridized carbons (Fsp3) is 0.500. The molecular formula is C30H36ClN3O6S. The number of hydrogen-bond donors (Lipinski definition) is 0. The Morgan fingerprint density at radius 2 is 1.63 bits per heavy atom. The maximum atomic E-state index is 14.0. The summed E-state index contributed by atoms with van der Waals surface area (Å²) in [7, 11) is -2.58. The van der Waals surface area contributed by atoms with Gasteiger partial charge < -0.3 is 9.47 Å². The first-order valence-corrected chi connectivity index (χ1v) is 15.4. The maximum Gasteiger partial charge on any atom is 0.416 e. The molecule has 0 radical (unpaired) electrons. The Labute approximate surface area is 246 Å². The summed E-state index contributed by atoms with van der Waals surface area (Å²) in [5, 5.41) is 0.569. The molecular weight excluding hydrogens is 566 g/mol. The van der Waals surface area contributed by atoms with Gasteiger partial charge in [-0.05, 0) is 83.7 Å². The van der Waals surface area contributed by atoms with Crippen LogP contribution in [0.2, 0.25) is 5.02 Å². The highest BCUT2D eigenvalue weighted by Gasteiger charge is 2.76. The number of benzene rings is 2. The van der Waals surface area contributed by atoms with Gasteiger partial charge in [0.05, 0.1) is 17.5 Å². The highest BCUT2D eigenvalue weighted by atomic mass is 35.5. The topological polar surface area (TPSA) is 106 Å². The van der Waals surface area contributed by atoms with Crippen molar-refractivity contribution in [3.8, 4) is 0 Å². The SMILES string of the molecule is COC(=O)[C@@H]1N(C(=O)OC(C)(C)C)C(C23CC(N(Cc4ccc(Cl)cc4)S(=O)(=O)c4ccccc4)(C2)C3)=NC1(C)C. The van der Waals surface area contributed by atoms with E-state index in [1.807, 2.05) is 12.1 Å². The molecule has 0 saturated heterocycles. The molecule has 41 heavy (non-hydrogen) atoms. The lowest BCUT2D eigenvalue weighted by molar-refractivity contribution is -0.156. The number of amides is 1. The first-order chi connectivity index (χ1) is 19.0. The average Bonchev–Trinajstić information content (AvgIpc) is 3.13. The van der Waals surface area contributed by atoms with E-state index in [-0.39, 0.29) is 11.4 Å². The number of sulfonamides is 1. The van der Waals surface area contributed by atoms with Gasteiger partial charge in [-0.15, -0.1) is 0 Å². The minimum atomic E-state index is -3.86. The third kappa shape index (κ3) is 5.04. The number of amidine groups is 1. The molecule has 1 aliphatic heterocycles. The summed E-state index contributed by atoms with van der Waals surface area (Å²) in [6.07, 6.45) is 0.705. The van der Waals surface area contributed by atoms with Gasteiger partial charge in [0.15, 0.2) is 6.04 Å². The molecule has 6 rings (SSSR count). The van der Waals surface area contributed by atoms with Crippen LogP contribution in [0.15, 0.2) is 64.5 Å². The first-order valence-electron chi connectivity index (χ1n) is 13.6. The predicted molar refractivity (Wildman–Crippen MR) is 155 cm³/mol. The molecule has 3 aliphatic carbocycles. The number of methoxy groups -OCH3 is 1. The van der Waals surface area contributed by atoms with Crippen LogP contribution < -0.4 is 0 Å². The van der Waals surface area contributed by atoms with E-state index in [0.29, 0.717) is 30.1 Å². The van der Waals surface area contributed by atoms with Gasteiger partial charge in [-0.1, -0.05) is 41.9 Å². The van der Waals surface area contributed by atoms with Crippen LogP contribution in [0.3, 0.4) is 0 Å². The van der Waals surface area contributed by atoms with Gasteiger partial charge in [0.1, 0.15) is 11.4 Å². The van der Waals surface area contributed by atoms with Gasteiger partial charge >= 0.3 is 12.1 Å². The monoisotopic (exact) mass is 601 g/mol. The third-order valence-corrected chi connectivity index (χ3v) is 10.4. The second kappa shape index (κ2) is 9.81. The summed E-state index contributed by atoms with van der Waals surface area (Å²) < 4.78 is 40.4. The van der Waals surface area contributed by atoms with E-state index >= 15 is 0 Å². The summed E-state index contributed by atoms with van der Waals surface area (Å²) in [6, 6.07) is 14.5. The standard InChI is InChI=1S/C30H36ClN3O6S/c1-27(2,3)40-26(36)34-23(24(35)39-6)28(4,5)32-25(34)29-17-30(18-29,19-29)33(16-20-12-14-21(31)15-13-20)41(37,38)22-10-8-7-9-11-22/h7-15,23H,16-19H2,1-6H3/t23-,29?,30?/m0/s1. The normalized spacial score (nSPS) is 26.6. The average molecular weight is 602 g/mol. The molecule has 2 aromatic rings. The lowest BCUT2D eigenvalue weighted by Crippen LogP contribution is -2.79. The van der Waals surface area contributed by atoms with Crippen molar-refractivity contribution in [2.45, 2.75) is 88.0 Å². The summed E-state index contributed by atoms with van der Waals surface area (Å²) in [5.74, 6) is -0.130. The number of carbonyl (C=O) groups excluding carboxylic acids is 2. The second-order valence-electron chi connectivity index (χ2n) is 12.9. The first kappa shape index (κ1) is 29.5. The van der Waals surface area contributed by atoms with E-state index in [2.05, 4.69) is 0 Å². The second-order valence-corrected chi connectivity index (χ2v) is 15.2. The highest BCUT2D eigenvalue weighted by molar-refractivity contribution is 7.89. The van der Waals surface area contributed by atoms with Crippen molar-refractivity contribution in [2.24, 2.45) is 10.4 Å². The van der Waals surface area contributed by atoms with E-state index in [1.165, 1.54) is 12.0 Å². The highest BCUT2D eigenvalue weighted by Crippen LogP contribution is 2.72. The van der Waals surface area contributed by atoms with Crippen molar-refractivity contribution in [3.63, 3.8) is 0 Å². The zero-order valence-electron chi connectivity index (χ0n) is 24.2. The van der Waals surface area contributed by atoms with Gasteiger partial charge in [0.2, 0.25) is 10.0 Å². The summed E-state index contributed by atoms with van der Waals surface area (Å²) >= 11 is 6.09. The Kier molecular flexibility index (Phi) is 7.07. The summed E-state index contributed by atoms with van der Waals surface area (Å²) in [5.41, 5.74) is -2.17. The Balaban J connectivity index is 1.49. The fourth-order valence-corrected chi connectivity index (χ4v) is 8.33. The molecule has 9 nitrogen and oxygen atoms in total. The predicted octanol–water partition coefficient (Wildman–Crippen LogP) is 5.42. The fourth-order valence-electron chi connectivity index (χ4n) is 6.43. The van der Waals surface area contributed by atoms with Crippen molar-refractivity contribution >= 4 is 39.5 Å². The summed E-state index contributed by atoms with van der Waals surface area (Å²) in [4.78, 5) is 32.9. The van der Waals surface area contributed by atoms with E-state index in [9.17, 15) is 18.0 Å². The van der Waals surface area contributed by atoms with Crippen LogP contribution in [0.5, 0.6) is 0 Å². The van der Waals surface area contributed by atoms with E-state index in [0.717, 1.165) is 5.56 Å². The summed E-state index contributed by atoms with van der Waals surface area (Å²) in [6.45, 7) is 9.02. The molecule has 1 heterocycles. The molecule has 11 heteroatoms. The van der Waals surface area contributed by atoms with E-state index < -0.39 is 50.2 Å². The van der Waals surface area contributed by atoms with Gasteiger partial charge in [-0.2, -0.15) is 4.31 Å². The van der Waals surface area contributed by atoms with Gasteiger partial charge in [0.25, 0.3) is 0 Å². The van der Waals surface area contributed by atoms with Crippen molar-refractivity contribution in [3.05, 3.63) is 65.2 Å². The van der Waals surface area contributed by atoms with Crippen LogP contribution in [-0.2, 0) is 30.8 Å². The molecule has 220 valence electrons. The number of esters is 1. The van der Waals surface area contributed by atoms with Crippen LogP contribution in [0.1, 0.15) is 59.4 Å². The molecule has 2 bridgehead atoms. The van der Waals surface area contributed by atoms with Crippen LogP contribution in [-0.4, -0.2) is 65.4 Å². The van der Waals surface area contributed by atoms with E-state index in [1.54, 1.807) is 81.4 Å². The lowest BCUT2D eigenvalue weighted by Gasteiger charge is -2.73. The van der Waals surface area contributed by atoms with Crippen molar-refractivity contribution < 1.29 is 27.5 Å². The van der Waals surface area contributed by atoms with Gasteiger partial charge in [-0.25, -0.2) is 22.9 Å². The Hall–Kier alpha value is -2.95. The van der Waals surface area contributed by atoms with Crippen LogP contribution in [0.25, 0.3) is 0 Å². The molecule has 0 unspecified atom stereocenters. The molecule has 3 fully saturated rings. The molecule has 1 atom stereocenters. The zero-order valence-corrected chi connectivity index (χ0v) is 25.8. The molecule has 3 saturated carbocycles. The van der Waals surface area contributed by atoms with Crippen molar-refractivity contribution in [2.75, 3.05) is 7.11 Å². The number of hydrogen-bond acceptors (Lipinski definition) is 7. The van der Waals surface area contributed by atoms with Crippen LogP contribution >= 0.6 is 11.6 Å². The minimum absolute atomic E-state index is 0.170. The number of nitrogens with zero attached hydrogens (tertiary/aromatic N) is 3. The Bertz CT molecular complexity index is 1480. The van der Waals surface area contributed by atoms with Crippen LogP contribution in [0.4, 0.5) is 4.79 Å². The Morgan fingerprint density at radius 3 is 2.17 bits per heavy atom. The molecule has 1 amide bonds. The number of rotatable bonds is 7. The number of aliphatic imine (C=N–C) groups is 1. The molecule has 4 aliphatic rings. The minimum Gasteiger partial charge on any atom is -0.467 e. The van der Waals surface area contributed by atoms with Gasteiger partial charge in [-0.3, -0.25) is 4.99 Å². The van der Waals surface area contributed by atoms with Crippen molar-refractivity contribution in [1.29, 1.82) is 0 Å². The number of ether oxygens (including phenoxy) is 2. The molecule has 0 aromatic heterocycles. The quantitative estimate of drug-likeness (QED) is 0.392. The largest absolute Gasteiger partial charge is 0.467 e. The molecule has 0 spiro atoms. The van der Waals surface area contributed by atoms with E-state index in [4.69, 9.17) is 26.1 Å². The zero-order chi connectivity index (χ0) is 30.0. The third-order valence-electron chi connectivity index (χ3n) is 8.14. The van der Waals surface area contributed by atoms with Gasteiger partial charge in [0, 0.05) is 22.5 Å². The molecule has 2 aromatic carbocycles.